The normalized spacial score (nSPS) is 13.2. The topological polar surface area (TPSA) is 52.6 Å². The summed E-state index contributed by atoms with van der Waals surface area (Å²) in [7, 11) is 0. The van der Waals surface area contributed by atoms with Gasteiger partial charge >= 0.3 is 5.97 Å². The molecule has 0 spiro atoms. The van der Waals surface area contributed by atoms with Crippen LogP contribution in [0.15, 0.2) is 12.1 Å². The molecule has 1 aromatic carbocycles. The first kappa shape index (κ1) is 14.5. The van der Waals surface area contributed by atoms with Crippen molar-refractivity contribution in [3.8, 4) is 5.75 Å². The molecule has 1 aliphatic carbocycles. The second-order valence-corrected chi connectivity index (χ2v) is 4.62. The van der Waals surface area contributed by atoms with Crippen LogP contribution < -0.4 is 4.74 Å². The van der Waals surface area contributed by atoms with Gasteiger partial charge in [-0.05, 0) is 31.4 Å². The van der Waals surface area contributed by atoms with Gasteiger partial charge in [0.15, 0.2) is 5.78 Å². The van der Waals surface area contributed by atoms with E-state index < -0.39 is 5.82 Å². The van der Waals surface area contributed by atoms with Crippen molar-refractivity contribution >= 4 is 11.8 Å². The van der Waals surface area contributed by atoms with Crippen molar-refractivity contribution in [1.82, 2.24) is 0 Å². The molecule has 1 aliphatic rings. The first-order valence-electron chi connectivity index (χ1n) is 6.76. The van der Waals surface area contributed by atoms with Gasteiger partial charge in [-0.2, -0.15) is 0 Å². The molecule has 108 valence electrons. The number of Topliss-reactive ketones (excluding diaryl/α,β-unsaturated/α-hetero) is 1. The number of esters is 1. The van der Waals surface area contributed by atoms with Gasteiger partial charge in [-0.3, -0.25) is 9.59 Å². The molecule has 20 heavy (non-hydrogen) atoms. The van der Waals surface area contributed by atoms with Gasteiger partial charge in [-0.1, -0.05) is 0 Å². The fraction of sp³-hybridized carbons (Fsp3) is 0.467. The average Bonchev–Trinajstić information content (AvgIpc) is 2.77. The maximum Gasteiger partial charge on any atom is 0.305 e. The highest BCUT2D eigenvalue weighted by Crippen LogP contribution is 2.29. The molecule has 0 atom stereocenters. The molecule has 0 fully saturated rings. The zero-order valence-electron chi connectivity index (χ0n) is 11.4. The van der Waals surface area contributed by atoms with E-state index in [1.54, 1.807) is 13.0 Å². The molecular formula is C15H17FO4. The predicted molar refractivity (Wildman–Crippen MR) is 70.4 cm³/mol. The fourth-order valence-electron chi connectivity index (χ4n) is 2.24. The number of ether oxygens (including phenoxy) is 2. The predicted octanol–water partition coefficient (Wildman–Crippen LogP) is 2.68. The number of hydrogen-bond donors (Lipinski definition) is 0. The van der Waals surface area contributed by atoms with Crippen LogP contribution in [0.3, 0.4) is 0 Å². The Morgan fingerprint density at radius 1 is 1.35 bits per heavy atom. The highest BCUT2D eigenvalue weighted by molar-refractivity contribution is 6.00. The number of hydrogen-bond acceptors (Lipinski definition) is 4. The van der Waals surface area contributed by atoms with Crippen LogP contribution in [0.25, 0.3) is 0 Å². The standard InChI is InChI=1S/C15H17FO4/c1-2-19-14(18)4-3-7-20-11-8-10-5-6-13(17)15(10)12(16)9-11/h8-9H,2-7H2,1H3. The van der Waals surface area contributed by atoms with Gasteiger partial charge in [0.2, 0.25) is 0 Å². The molecule has 0 N–H and O–H groups in total. The lowest BCUT2D eigenvalue weighted by molar-refractivity contribution is -0.143. The number of benzene rings is 1. The second-order valence-electron chi connectivity index (χ2n) is 4.62. The number of fused-ring (bicyclic) bond motifs is 1. The van der Waals surface area contributed by atoms with Crippen LogP contribution in [0.2, 0.25) is 0 Å². The largest absolute Gasteiger partial charge is 0.493 e. The Morgan fingerprint density at radius 2 is 2.15 bits per heavy atom. The van der Waals surface area contributed by atoms with Gasteiger partial charge in [0.1, 0.15) is 11.6 Å². The number of ketones is 1. The van der Waals surface area contributed by atoms with E-state index in [0.29, 0.717) is 43.8 Å². The Labute approximate surface area is 116 Å². The third-order valence-corrected chi connectivity index (χ3v) is 3.14. The number of halogens is 1. The van der Waals surface area contributed by atoms with Gasteiger partial charge in [-0.25, -0.2) is 4.39 Å². The second kappa shape index (κ2) is 6.50. The molecule has 0 amide bonds. The molecule has 0 unspecified atom stereocenters. The van der Waals surface area contributed by atoms with Gasteiger partial charge < -0.3 is 9.47 Å². The van der Waals surface area contributed by atoms with E-state index >= 15 is 0 Å². The van der Waals surface area contributed by atoms with Crippen LogP contribution in [-0.2, 0) is 16.0 Å². The first-order chi connectivity index (χ1) is 9.61. The van der Waals surface area contributed by atoms with Gasteiger partial charge in [0.05, 0.1) is 18.8 Å². The summed E-state index contributed by atoms with van der Waals surface area (Å²) in [6.45, 7) is 2.43. The van der Waals surface area contributed by atoms with E-state index in [9.17, 15) is 14.0 Å². The molecule has 0 bridgehead atoms. The smallest absolute Gasteiger partial charge is 0.305 e. The van der Waals surface area contributed by atoms with Crippen molar-refractivity contribution in [2.45, 2.75) is 32.6 Å². The summed E-state index contributed by atoms with van der Waals surface area (Å²) in [4.78, 5) is 22.6. The fourth-order valence-corrected chi connectivity index (χ4v) is 2.24. The van der Waals surface area contributed by atoms with Crippen LogP contribution in [-0.4, -0.2) is 25.0 Å². The number of aryl methyl sites for hydroxylation is 1. The molecule has 0 saturated heterocycles. The Hall–Kier alpha value is -1.91. The van der Waals surface area contributed by atoms with E-state index in [0.717, 1.165) is 0 Å². The van der Waals surface area contributed by atoms with Crippen LogP contribution >= 0.6 is 0 Å². The minimum Gasteiger partial charge on any atom is -0.493 e. The van der Waals surface area contributed by atoms with Gasteiger partial charge in [-0.15, -0.1) is 0 Å². The Bertz CT molecular complexity index is 525. The summed E-state index contributed by atoms with van der Waals surface area (Å²) in [5.41, 5.74) is 0.902. The summed E-state index contributed by atoms with van der Waals surface area (Å²) < 4.78 is 24.0. The summed E-state index contributed by atoms with van der Waals surface area (Å²) in [6, 6.07) is 2.93. The van der Waals surface area contributed by atoms with E-state index in [-0.39, 0.29) is 23.7 Å². The summed E-state index contributed by atoms with van der Waals surface area (Å²) in [5, 5.41) is 0. The Kier molecular flexibility index (Phi) is 4.71. The lowest BCUT2D eigenvalue weighted by Crippen LogP contribution is -2.07. The third-order valence-electron chi connectivity index (χ3n) is 3.14. The lowest BCUT2D eigenvalue weighted by atomic mass is 10.1. The van der Waals surface area contributed by atoms with E-state index in [4.69, 9.17) is 9.47 Å². The highest BCUT2D eigenvalue weighted by atomic mass is 19.1. The molecule has 0 aliphatic heterocycles. The summed E-state index contributed by atoms with van der Waals surface area (Å²) in [5.74, 6) is -0.529. The van der Waals surface area contributed by atoms with Crippen molar-refractivity contribution < 1.29 is 23.5 Å². The molecule has 1 aromatic rings. The zero-order chi connectivity index (χ0) is 14.5. The minimum atomic E-state index is -0.523. The summed E-state index contributed by atoms with van der Waals surface area (Å²) in [6.07, 6.45) is 1.71. The van der Waals surface area contributed by atoms with Crippen molar-refractivity contribution in [1.29, 1.82) is 0 Å². The molecule has 0 aromatic heterocycles. The van der Waals surface area contributed by atoms with Crippen molar-refractivity contribution in [3.05, 3.63) is 29.1 Å². The average molecular weight is 280 g/mol. The Morgan fingerprint density at radius 3 is 2.90 bits per heavy atom. The number of carbonyl (C=O) groups excluding carboxylic acids is 2. The monoisotopic (exact) mass is 280 g/mol. The van der Waals surface area contributed by atoms with E-state index in [1.807, 2.05) is 0 Å². The van der Waals surface area contributed by atoms with Crippen LogP contribution in [0.4, 0.5) is 4.39 Å². The maximum atomic E-state index is 13.8. The molecule has 0 heterocycles. The van der Waals surface area contributed by atoms with Crippen LogP contribution in [0, 0.1) is 5.82 Å². The number of carbonyl (C=O) groups is 2. The van der Waals surface area contributed by atoms with Crippen molar-refractivity contribution in [3.63, 3.8) is 0 Å². The highest BCUT2D eigenvalue weighted by Gasteiger charge is 2.24. The molecular weight excluding hydrogens is 263 g/mol. The van der Waals surface area contributed by atoms with Gasteiger partial charge in [0.25, 0.3) is 0 Å². The van der Waals surface area contributed by atoms with Gasteiger partial charge in [0, 0.05) is 18.9 Å². The molecule has 5 heteroatoms. The van der Waals surface area contributed by atoms with Crippen LogP contribution in [0.1, 0.15) is 42.1 Å². The number of rotatable bonds is 6. The first-order valence-corrected chi connectivity index (χ1v) is 6.76. The zero-order valence-corrected chi connectivity index (χ0v) is 11.4. The maximum absolute atomic E-state index is 13.8. The molecule has 4 nitrogen and oxygen atoms in total. The van der Waals surface area contributed by atoms with Crippen LogP contribution in [0.5, 0.6) is 5.75 Å². The molecule has 2 rings (SSSR count). The van der Waals surface area contributed by atoms with E-state index in [2.05, 4.69) is 0 Å². The molecule has 0 radical (unpaired) electrons. The lowest BCUT2D eigenvalue weighted by Gasteiger charge is -2.08. The quantitative estimate of drug-likeness (QED) is 0.594. The van der Waals surface area contributed by atoms with E-state index in [1.165, 1.54) is 6.07 Å². The summed E-state index contributed by atoms with van der Waals surface area (Å²) >= 11 is 0. The molecule has 0 saturated carbocycles. The Balaban J connectivity index is 1.87. The SMILES string of the molecule is CCOC(=O)CCCOc1cc(F)c2c(c1)CCC2=O. The minimum absolute atomic E-state index is 0.147. The third kappa shape index (κ3) is 3.35. The van der Waals surface area contributed by atoms with Crippen molar-refractivity contribution in [2.75, 3.05) is 13.2 Å². The van der Waals surface area contributed by atoms with Crippen molar-refractivity contribution in [2.24, 2.45) is 0 Å².